The minimum absolute atomic E-state index is 0.236. The van der Waals surface area contributed by atoms with Gasteiger partial charge in [-0.15, -0.1) is 0 Å². The Hall–Kier alpha value is -2.62. The Kier molecular flexibility index (Phi) is 3.21. The van der Waals surface area contributed by atoms with Gasteiger partial charge in [-0.05, 0) is 17.5 Å². The molecular weight excluding hydrogens is 256 g/mol. The zero-order valence-corrected chi connectivity index (χ0v) is 10.7. The number of fused-ring (bicyclic) bond motifs is 3. The van der Waals surface area contributed by atoms with Crippen molar-refractivity contribution >= 4 is 28.6 Å². The molecule has 1 aliphatic rings. The average molecular weight is 268 g/mol. The van der Waals surface area contributed by atoms with E-state index in [1.807, 2.05) is 36.4 Å². The molecule has 0 unspecified atom stereocenters. The molecule has 0 bridgehead atoms. The Morgan fingerprint density at radius 1 is 1.25 bits per heavy atom. The second-order valence-corrected chi connectivity index (χ2v) is 4.36. The molecule has 3 rings (SSSR count). The van der Waals surface area contributed by atoms with E-state index in [1.165, 1.54) is 0 Å². The molecule has 0 saturated carbocycles. The minimum atomic E-state index is -0.503. The fourth-order valence-electron chi connectivity index (χ4n) is 2.31. The predicted octanol–water partition coefficient (Wildman–Crippen LogP) is 2.36. The Morgan fingerprint density at radius 3 is 2.95 bits per heavy atom. The Morgan fingerprint density at radius 2 is 2.10 bits per heavy atom. The second-order valence-electron chi connectivity index (χ2n) is 4.36. The maximum absolute atomic E-state index is 12.0. The molecule has 0 atom stereocenters. The summed E-state index contributed by atoms with van der Waals surface area (Å²) in [5, 5.41) is 2.01. The fraction of sp³-hybridized carbons (Fsp3) is 0.125. The van der Waals surface area contributed by atoms with Crippen LogP contribution in [0.15, 0.2) is 42.5 Å². The van der Waals surface area contributed by atoms with Crippen molar-refractivity contribution in [3.63, 3.8) is 0 Å². The van der Waals surface area contributed by atoms with Gasteiger partial charge in [0.05, 0.1) is 5.57 Å². The van der Waals surface area contributed by atoms with E-state index < -0.39 is 5.97 Å². The monoisotopic (exact) mass is 268 g/mol. The molecule has 2 aromatic carbocycles. The van der Waals surface area contributed by atoms with E-state index in [1.54, 1.807) is 6.08 Å². The van der Waals surface area contributed by atoms with Crippen LogP contribution in [0.4, 0.5) is 0 Å². The summed E-state index contributed by atoms with van der Waals surface area (Å²) in [6.07, 6.45) is 2.23. The summed E-state index contributed by atoms with van der Waals surface area (Å²) in [5.41, 5.74) is 1.14. The molecule has 0 fully saturated rings. The zero-order chi connectivity index (χ0) is 13.9. The van der Waals surface area contributed by atoms with Crippen LogP contribution >= 0.6 is 0 Å². The van der Waals surface area contributed by atoms with E-state index in [2.05, 4.69) is 0 Å². The van der Waals surface area contributed by atoms with Crippen molar-refractivity contribution in [2.24, 2.45) is 0 Å². The number of hydrogen-bond acceptors (Lipinski definition) is 4. The highest BCUT2D eigenvalue weighted by Crippen LogP contribution is 2.36. The number of rotatable bonds is 3. The summed E-state index contributed by atoms with van der Waals surface area (Å²) in [4.78, 5) is 22.2. The van der Waals surface area contributed by atoms with Gasteiger partial charge in [0.1, 0.15) is 19.0 Å². The van der Waals surface area contributed by atoms with Crippen molar-refractivity contribution < 1.29 is 19.1 Å². The van der Waals surface area contributed by atoms with Crippen molar-refractivity contribution in [1.82, 2.24) is 0 Å². The number of benzene rings is 2. The van der Waals surface area contributed by atoms with Gasteiger partial charge in [-0.2, -0.15) is 0 Å². The molecule has 1 aliphatic heterocycles. The van der Waals surface area contributed by atoms with Crippen molar-refractivity contribution in [3.8, 4) is 5.75 Å². The zero-order valence-electron chi connectivity index (χ0n) is 10.7. The van der Waals surface area contributed by atoms with E-state index >= 15 is 0 Å². The fourth-order valence-corrected chi connectivity index (χ4v) is 2.31. The number of hydrogen-bond donors (Lipinski definition) is 0. The molecule has 1 heterocycles. The summed E-state index contributed by atoms with van der Waals surface area (Å²) in [7, 11) is 0. The Balaban J connectivity index is 2.07. The summed E-state index contributed by atoms with van der Waals surface area (Å²) < 4.78 is 10.5. The lowest BCUT2D eigenvalue weighted by atomic mass is 9.98. The maximum Gasteiger partial charge on any atom is 0.339 e. The lowest BCUT2D eigenvalue weighted by molar-refractivity contribution is -0.139. The molecule has 20 heavy (non-hydrogen) atoms. The van der Waals surface area contributed by atoms with Crippen LogP contribution in [0.5, 0.6) is 5.75 Å². The summed E-state index contributed by atoms with van der Waals surface area (Å²) in [5.74, 6) is 0.181. The van der Waals surface area contributed by atoms with E-state index in [0.29, 0.717) is 29.8 Å². The molecule has 0 aliphatic carbocycles. The lowest BCUT2D eigenvalue weighted by Crippen LogP contribution is -2.14. The summed E-state index contributed by atoms with van der Waals surface area (Å²) in [6.45, 7) is 0.0759. The van der Waals surface area contributed by atoms with Gasteiger partial charge < -0.3 is 9.47 Å². The summed E-state index contributed by atoms with van der Waals surface area (Å²) in [6, 6.07) is 11.6. The molecule has 0 radical (unpaired) electrons. The van der Waals surface area contributed by atoms with Crippen molar-refractivity contribution in [2.75, 3.05) is 13.2 Å². The largest absolute Gasteiger partial charge is 0.488 e. The van der Waals surface area contributed by atoms with Crippen LogP contribution in [0.1, 0.15) is 5.56 Å². The standard InChI is InChI=1S/C16H12O4/c17-8-10-20-16(18)14-7-9-19-15-12-4-2-1-3-11(12)5-6-13(14)15/h1-8H,9-10H2. The number of ether oxygens (including phenoxy) is 2. The first-order valence-electron chi connectivity index (χ1n) is 6.27. The first-order valence-corrected chi connectivity index (χ1v) is 6.27. The normalized spacial score (nSPS) is 13.1. The SMILES string of the molecule is O=CCOC(=O)C1=CCOc2c1ccc1ccccc21. The Bertz CT molecular complexity index is 715. The van der Waals surface area contributed by atoms with Gasteiger partial charge in [-0.25, -0.2) is 4.79 Å². The molecule has 100 valence electrons. The quantitative estimate of drug-likeness (QED) is 0.633. The summed E-state index contributed by atoms with van der Waals surface area (Å²) >= 11 is 0. The molecule has 4 nitrogen and oxygen atoms in total. The topological polar surface area (TPSA) is 52.6 Å². The number of aldehydes is 1. The Labute approximate surface area is 115 Å². The molecule has 0 amide bonds. The van der Waals surface area contributed by atoms with Crippen LogP contribution in [-0.4, -0.2) is 25.5 Å². The van der Waals surface area contributed by atoms with Crippen LogP contribution < -0.4 is 4.74 Å². The van der Waals surface area contributed by atoms with E-state index in [-0.39, 0.29) is 6.61 Å². The van der Waals surface area contributed by atoms with Gasteiger partial charge in [0, 0.05) is 10.9 Å². The van der Waals surface area contributed by atoms with Crippen LogP contribution in [0.25, 0.3) is 16.3 Å². The van der Waals surface area contributed by atoms with Gasteiger partial charge in [0.25, 0.3) is 0 Å². The first kappa shape index (κ1) is 12.4. The lowest BCUT2D eigenvalue weighted by Gasteiger charge is -2.19. The number of carbonyl (C=O) groups is 2. The molecule has 0 N–H and O–H groups in total. The van der Waals surface area contributed by atoms with E-state index in [0.717, 1.165) is 10.8 Å². The van der Waals surface area contributed by atoms with Crippen LogP contribution in [0, 0.1) is 0 Å². The van der Waals surface area contributed by atoms with Crippen molar-refractivity contribution in [2.45, 2.75) is 0 Å². The third kappa shape index (κ3) is 2.05. The van der Waals surface area contributed by atoms with Gasteiger partial charge in [0.15, 0.2) is 6.29 Å². The molecule has 0 spiro atoms. The van der Waals surface area contributed by atoms with Crippen LogP contribution in [-0.2, 0) is 14.3 Å². The number of esters is 1. The van der Waals surface area contributed by atoms with Gasteiger partial charge in [0.2, 0.25) is 0 Å². The molecule has 2 aromatic rings. The minimum Gasteiger partial charge on any atom is -0.488 e. The van der Waals surface area contributed by atoms with E-state index in [4.69, 9.17) is 9.47 Å². The van der Waals surface area contributed by atoms with Gasteiger partial charge in [-0.1, -0.05) is 30.3 Å². The molecular formula is C16H12O4. The third-order valence-electron chi connectivity index (χ3n) is 3.19. The molecule has 0 aromatic heterocycles. The second kappa shape index (κ2) is 5.17. The smallest absolute Gasteiger partial charge is 0.339 e. The third-order valence-corrected chi connectivity index (χ3v) is 3.19. The maximum atomic E-state index is 12.0. The number of carbonyl (C=O) groups excluding carboxylic acids is 2. The van der Waals surface area contributed by atoms with Gasteiger partial charge >= 0.3 is 5.97 Å². The predicted molar refractivity (Wildman–Crippen MR) is 74.4 cm³/mol. The molecule has 4 heteroatoms. The highest BCUT2D eigenvalue weighted by Gasteiger charge is 2.22. The highest BCUT2D eigenvalue weighted by molar-refractivity contribution is 6.19. The highest BCUT2D eigenvalue weighted by atomic mass is 16.5. The van der Waals surface area contributed by atoms with Crippen LogP contribution in [0.2, 0.25) is 0 Å². The molecule has 0 saturated heterocycles. The van der Waals surface area contributed by atoms with Gasteiger partial charge in [-0.3, -0.25) is 4.79 Å². The first-order chi connectivity index (χ1) is 9.81. The average Bonchev–Trinajstić information content (AvgIpc) is 2.51. The van der Waals surface area contributed by atoms with Crippen molar-refractivity contribution in [3.05, 3.63) is 48.0 Å². The van der Waals surface area contributed by atoms with Crippen molar-refractivity contribution in [1.29, 1.82) is 0 Å². The van der Waals surface area contributed by atoms with Crippen LogP contribution in [0.3, 0.4) is 0 Å². The van der Waals surface area contributed by atoms with E-state index in [9.17, 15) is 9.59 Å².